The van der Waals surface area contributed by atoms with Crippen molar-refractivity contribution in [2.24, 2.45) is 0 Å². The Bertz CT molecular complexity index is 521. The molecule has 0 amide bonds. The quantitative estimate of drug-likeness (QED) is 0.797. The molecule has 0 atom stereocenters. The van der Waals surface area contributed by atoms with Crippen molar-refractivity contribution in [3.63, 3.8) is 0 Å². The van der Waals surface area contributed by atoms with Crippen LogP contribution in [-0.2, 0) is 9.47 Å². The fourth-order valence-corrected chi connectivity index (χ4v) is 3.16. The Morgan fingerprint density at radius 3 is 2.84 bits per heavy atom. The molecular weight excluding hydrogens is 308 g/mol. The SMILES string of the molecule is N#Cc1cc(Br)ccc1N1CCCC2(C1)OCCO2. The number of anilines is 1. The fourth-order valence-electron chi connectivity index (χ4n) is 2.80. The van der Waals surface area contributed by atoms with Crippen LogP contribution in [0.25, 0.3) is 0 Å². The molecular formula is C14H15BrN2O2. The van der Waals surface area contributed by atoms with Crippen molar-refractivity contribution in [2.45, 2.75) is 18.6 Å². The number of nitrogens with zero attached hydrogens (tertiary/aromatic N) is 2. The topological polar surface area (TPSA) is 45.5 Å². The van der Waals surface area contributed by atoms with Crippen molar-refractivity contribution >= 4 is 21.6 Å². The molecule has 0 aromatic heterocycles. The monoisotopic (exact) mass is 322 g/mol. The minimum Gasteiger partial charge on any atom is -0.365 e. The van der Waals surface area contributed by atoms with Gasteiger partial charge in [-0.1, -0.05) is 15.9 Å². The first kappa shape index (κ1) is 12.9. The number of halogens is 1. The van der Waals surface area contributed by atoms with E-state index >= 15 is 0 Å². The Balaban J connectivity index is 1.88. The van der Waals surface area contributed by atoms with E-state index in [9.17, 15) is 5.26 Å². The molecule has 2 aliphatic rings. The molecule has 1 aromatic rings. The number of hydrogen-bond donors (Lipinski definition) is 0. The Morgan fingerprint density at radius 2 is 2.11 bits per heavy atom. The van der Waals surface area contributed by atoms with E-state index in [1.807, 2.05) is 18.2 Å². The van der Waals surface area contributed by atoms with Crippen LogP contribution in [-0.4, -0.2) is 32.1 Å². The lowest BCUT2D eigenvalue weighted by atomic mass is 10.0. The Morgan fingerprint density at radius 1 is 1.32 bits per heavy atom. The van der Waals surface area contributed by atoms with Crippen molar-refractivity contribution in [3.05, 3.63) is 28.2 Å². The van der Waals surface area contributed by atoms with Crippen molar-refractivity contribution in [2.75, 3.05) is 31.2 Å². The Labute approximate surface area is 121 Å². The summed E-state index contributed by atoms with van der Waals surface area (Å²) in [6.45, 7) is 2.96. The van der Waals surface area contributed by atoms with Crippen LogP contribution >= 0.6 is 15.9 Å². The predicted octanol–water partition coefficient (Wildman–Crippen LogP) is 2.66. The molecule has 19 heavy (non-hydrogen) atoms. The molecule has 2 fully saturated rings. The highest BCUT2D eigenvalue weighted by atomic mass is 79.9. The third kappa shape index (κ3) is 2.48. The largest absolute Gasteiger partial charge is 0.365 e. The highest BCUT2D eigenvalue weighted by Gasteiger charge is 2.41. The lowest BCUT2D eigenvalue weighted by molar-refractivity contribution is -0.161. The molecule has 1 spiro atoms. The van der Waals surface area contributed by atoms with Crippen molar-refractivity contribution in [1.29, 1.82) is 5.26 Å². The number of piperidine rings is 1. The average Bonchev–Trinajstić information content (AvgIpc) is 2.86. The van der Waals surface area contributed by atoms with E-state index in [0.717, 1.165) is 29.5 Å². The van der Waals surface area contributed by atoms with Gasteiger partial charge in [0.25, 0.3) is 0 Å². The van der Waals surface area contributed by atoms with Crippen LogP contribution in [0.1, 0.15) is 18.4 Å². The molecule has 2 saturated heterocycles. The lowest BCUT2D eigenvalue weighted by Crippen LogP contribution is -2.49. The summed E-state index contributed by atoms with van der Waals surface area (Å²) in [5.74, 6) is -0.460. The van der Waals surface area contributed by atoms with Crippen LogP contribution in [0.2, 0.25) is 0 Å². The van der Waals surface area contributed by atoms with Gasteiger partial charge < -0.3 is 14.4 Å². The highest BCUT2D eigenvalue weighted by Crippen LogP contribution is 2.34. The van der Waals surface area contributed by atoms with Gasteiger partial charge in [-0.25, -0.2) is 0 Å². The minimum absolute atomic E-state index is 0.460. The summed E-state index contributed by atoms with van der Waals surface area (Å²) in [4.78, 5) is 2.19. The Kier molecular flexibility index (Phi) is 3.48. The lowest BCUT2D eigenvalue weighted by Gasteiger charge is -2.40. The first-order chi connectivity index (χ1) is 9.22. The minimum atomic E-state index is -0.460. The van der Waals surface area contributed by atoms with Gasteiger partial charge in [0.1, 0.15) is 6.07 Å². The molecule has 4 nitrogen and oxygen atoms in total. The summed E-state index contributed by atoms with van der Waals surface area (Å²) in [6.07, 6.45) is 1.95. The van der Waals surface area contributed by atoms with Crippen LogP contribution < -0.4 is 4.90 Å². The van der Waals surface area contributed by atoms with E-state index in [2.05, 4.69) is 26.9 Å². The van der Waals surface area contributed by atoms with Gasteiger partial charge >= 0.3 is 0 Å². The van der Waals surface area contributed by atoms with Gasteiger partial charge in [0, 0.05) is 17.4 Å². The van der Waals surface area contributed by atoms with E-state index in [1.165, 1.54) is 0 Å². The predicted molar refractivity (Wildman–Crippen MR) is 74.9 cm³/mol. The van der Waals surface area contributed by atoms with Crippen LogP contribution in [0, 0.1) is 11.3 Å². The zero-order valence-electron chi connectivity index (χ0n) is 10.6. The van der Waals surface area contributed by atoms with Crippen LogP contribution in [0.15, 0.2) is 22.7 Å². The standard InChI is InChI=1S/C14H15BrN2O2/c15-12-2-3-13(11(8-12)9-16)17-5-1-4-14(10-17)18-6-7-19-14/h2-3,8H,1,4-7,10H2. The number of benzene rings is 1. The molecule has 100 valence electrons. The number of nitriles is 1. The zero-order chi connectivity index (χ0) is 13.3. The molecule has 3 rings (SSSR count). The van der Waals surface area contributed by atoms with Crippen molar-refractivity contribution < 1.29 is 9.47 Å². The van der Waals surface area contributed by atoms with E-state index in [0.29, 0.717) is 25.3 Å². The molecule has 2 heterocycles. The second-order valence-corrected chi connectivity index (χ2v) is 5.82. The maximum atomic E-state index is 9.27. The molecule has 0 saturated carbocycles. The molecule has 1 aromatic carbocycles. The van der Waals surface area contributed by atoms with Crippen LogP contribution in [0.5, 0.6) is 0 Å². The molecule has 0 radical (unpaired) electrons. The maximum absolute atomic E-state index is 9.27. The third-order valence-corrected chi connectivity index (χ3v) is 4.14. The molecule has 0 N–H and O–H groups in total. The van der Waals surface area contributed by atoms with Crippen LogP contribution in [0.4, 0.5) is 5.69 Å². The summed E-state index contributed by atoms with van der Waals surface area (Å²) in [5.41, 5.74) is 1.65. The summed E-state index contributed by atoms with van der Waals surface area (Å²) in [6, 6.07) is 8.06. The summed E-state index contributed by atoms with van der Waals surface area (Å²) in [5, 5.41) is 9.27. The van der Waals surface area contributed by atoms with E-state index in [1.54, 1.807) is 0 Å². The summed E-state index contributed by atoms with van der Waals surface area (Å²) >= 11 is 3.40. The third-order valence-electron chi connectivity index (χ3n) is 3.65. The highest BCUT2D eigenvalue weighted by molar-refractivity contribution is 9.10. The van der Waals surface area contributed by atoms with Gasteiger partial charge in [-0.2, -0.15) is 5.26 Å². The van der Waals surface area contributed by atoms with E-state index in [-0.39, 0.29) is 0 Å². The fraction of sp³-hybridized carbons (Fsp3) is 0.500. The molecule has 2 aliphatic heterocycles. The molecule has 0 bridgehead atoms. The van der Waals surface area contributed by atoms with Gasteiger partial charge in [0.05, 0.1) is 31.0 Å². The van der Waals surface area contributed by atoms with Gasteiger partial charge in [0.15, 0.2) is 5.79 Å². The van der Waals surface area contributed by atoms with Crippen LogP contribution in [0.3, 0.4) is 0 Å². The average molecular weight is 323 g/mol. The number of rotatable bonds is 1. The summed E-state index contributed by atoms with van der Waals surface area (Å²) < 4.78 is 12.5. The van der Waals surface area contributed by atoms with Crippen molar-refractivity contribution in [1.82, 2.24) is 0 Å². The molecule has 0 unspecified atom stereocenters. The van der Waals surface area contributed by atoms with Gasteiger partial charge in [-0.15, -0.1) is 0 Å². The number of hydrogen-bond acceptors (Lipinski definition) is 4. The van der Waals surface area contributed by atoms with Gasteiger partial charge in [-0.05, 0) is 24.6 Å². The number of ether oxygens (including phenoxy) is 2. The second-order valence-electron chi connectivity index (χ2n) is 4.91. The maximum Gasteiger partial charge on any atom is 0.186 e. The second kappa shape index (κ2) is 5.12. The smallest absolute Gasteiger partial charge is 0.186 e. The molecule has 5 heteroatoms. The van der Waals surface area contributed by atoms with Gasteiger partial charge in [0.2, 0.25) is 0 Å². The first-order valence-electron chi connectivity index (χ1n) is 6.45. The van der Waals surface area contributed by atoms with E-state index in [4.69, 9.17) is 9.47 Å². The summed E-state index contributed by atoms with van der Waals surface area (Å²) in [7, 11) is 0. The zero-order valence-corrected chi connectivity index (χ0v) is 12.1. The normalized spacial score (nSPS) is 21.6. The first-order valence-corrected chi connectivity index (χ1v) is 7.24. The van der Waals surface area contributed by atoms with Crippen molar-refractivity contribution in [3.8, 4) is 6.07 Å². The molecule has 0 aliphatic carbocycles. The van der Waals surface area contributed by atoms with Gasteiger partial charge in [-0.3, -0.25) is 0 Å². The Hall–Kier alpha value is -1.09. The van der Waals surface area contributed by atoms with E-state index < -0.39 is 5.79 Å².